The number of carbonyl (C=O) groups is 2. The fourth-order valence-electron chi connectivity index (χ4n) is 1.84. The Balaban J connectivity index is 2.24. The zero-order valence-corrected chi connectivity index (χ0v) is 9.64. The summed E-state index contributed by atoms with van der Waals surface area (Å²) in [4.78, 5) is 24.9. The van der Waals surface area contributed by atoms with E-state index in [0.717, 1.165) is 0 Å². The number of amides is 2. The van der Waals surface area contributed by atoms with Crippen LogP contribution < -0.4 is 11.1 Å². The Morgan fingerprint density at radius 1 is 1.65 bits per heavy atom. The summed E-state index contributed by atoms with van der Waals surface area (Å²) in [7, 11) is 0. The Hall–Kier alpha value is -2.05. The molecule has 2 heterocycles. The van der Waals surface area contributed by atoms with E-state index in [-0.39, 0.29) is 18.4 Å². The number of carbonyl (C=O) groups excluding carboxylic acids is 2. The molecule has 1 saturated heterocycles. The van der Waals surface area contributed by atoms with Crippen molar-refractivity contribution in [3.63, 3.8) is 0 Å². The molecule has 0 radical (unpaired) electrons. The van der Waals surface area contributed by atoms with Gasteiger partial charge in [-0.05, 0) is 6.92 Å². The van der Waals surface area contributed by atoms with Crippen LogP contribution in [0.4, 0.5) is 5.69 Å². The minimum atomic E-state index is -0.239. The molecule has 1 aliphatic heterocycles. The van der Waals surface area contributed by atoms with E-state index in [1.165, 1.54) is 11.1 Å². The van der Waals surface area contributed by atoms with Crippen LogP contribution in [0, 0.1) is 0 Å². The van der Waals surface area contributed by atoms with Gasteiger partial charge in [-0.25, -0.2) is 0 Å². The van der Waals surface area contributed by atoms with Gasteiger partial charge >= 0.3 is 0 Å². The average Bonchev–Trinajstić information content (AvgIpc) is 2.69. The maximum atomic E-state index is 12.2. The molecule has 1 fully saturated rings. The van der Waals surface area contributed by atoms with Crippen LogP contribution in [0.1, 0.15) is 17.4 Å². The molecule has 92 valence electrons. The summed E-state index contributed by atoms with van der Waals surface area (Å²) in [5.41, 5.74) is 6.44. The highest BCUT2D eigenvalue weighted by Crippen LogP contribution is 2.14. The summed E-state index contributed by atoms with van der Waals surface area (Å²) in [5, 5.41) is 6.68. The molecule has 17 heavy (non-hydrogen) atoms. The molecule has 0 bridgehead atoms. The highest BCUT2D eigenvalue weighted by molar-refractivity contribution is 5.99. The van der Waals surface area contributed by atoms with Gasteiger partial charge in [0.15, 0.2) is 0 Å². The Bertz CT molecular complexity index is 454. The molecular weight excluding hydrogens is 222 g/mol. The van der Waals surface area contributed by atoms with E-state index in [1.807, 2.05) is 6.92 Å². The number of nitrogen functional groups attached to an aromatic ring is 1. The van der Waals surface area contributed by atoms with Crippen molar-refractivity contribution in [3.8, 4) is 0 Å². The Morgan fingerprint density at radius 2 is 2.41 bits per heavy atom. The van der Waals surface area contributed by atoms with E-state index in [0.29, 0.717) is 31.0 Å². The van der Waals surface area contributed by atoms with Crippen LogP contribution in [-0.4, -0.2) is 46.1 Å². The zero-order valence-electron chi connectivity index (χ0n) is 9.64. The van der Waals surface area contributed by atoms with Crippen molar-refractivity contribution in [2.75, 3.05) is 25.4 Å². The Labute approximate surface area is 98.6 Å². The molecule has 7 nitrogen and oxygen atoms in total. The van der Waals surface area contributed by atoms with Crippen LogP contribution in [0.15, 0.2) is 6.20 Å². The first kappa shape index (κ1) is 11.4. The second kappa shape index (κ2) is 4.44. The second-order valence-corrected chi connectivity index (χ2v) is 3.84. The number of nitrogens with two attached hydrogens (primary N) is 1. The monoisotopic (exact) mass is 237 g/mol. The van der Waals surface area contributed by atoms with Crippen LogP contribution in [-0.2, 0) is 11.3 Å². The minimum absolute atomic E-state index is 0.0766. The smallest absolute Gasteiger partial charge is 0.274 e. The van der Waals surface area contributed by atoms with Crippen molar-refractivity contribution in [2.45, 2.75) is 13.5 Å². The Kier molecular flexibility index (Phi) is 2.99. The van der Waals surface area contributed by atoms with Crippen molar-refractivity contribution < 1.29 is 9.59 Å². The lowest BCUT2D eigenvalue weighted by atomic mass is 10.2. The quantitative estimate of drug-likeness (QED) is 0.694. The number of piperazine rings is 1. The van der Waals surface area contributed by atoms with Gasteiger partial charge in [-0.3, -0.25) is 14.3 Å². The maximum absolute atomic E-state index is 12.2. The molecule has 3 N–H and O–H groups in total. The third kappa shape index (κ3) is 2.08. The van der Waals surface area contributed by atoms with E-state index in [4.69, 9.17) is 5.73 Å². The zero-order chi connectivity index (χ0) is 12.4. The fourth-order valence-corrected chi connectivity index (χ4v) is 1.84. The number of nitrogens with one attached hydrogen (secondary N) is 1. The van der Waals surface area contributed by atoms with E-state index in [1.54, 1.807) is 4.68 Å². The summed E-state index contributed by atoms with van der Waals surface area (Å²) < 4.78 is 1.55. The average molecular weight is 237 g/mol. The molecule has 0 saturated carbocycles. The van der Waals surface area contributed by atoms with Gasteiger partial charge in [-0.15, -0.1) is 0 Å². The van der Waals surface area contributed by atoms with Gasteiger partial charge in [0, 0.05) is 19.6 Å². The van der Waals surface area contributed by atoms with Crippen molar-refractivity contribution in [2.24, 2.45) is 0 Å². The molecule has 2 amide bonds. The first-order valence-corrected chi connectivity index (χ1v) is 5.50. The maximum Gasteiger partial charge on any atom is 0.274 e. The molecule has 0 atom stereocenters. The molecule has 0 aliphatic carbocycles. The van der Waals surface area contributed by atoms with Crippen LogP contribution in [0.2, 0.25) is 0 Å². The number of anilines is 1. The Morgan fingerprint density at radius 3 is 3.06 bits per heavy atom. The molecular formula is C10H15N5O2. The molecule has 2 rings (SSSR count). The minimum Gasteiger partial charge on any atom is -0.396 e. The number of aromatic nitrogens is 2. The highest BCUT2D eigenvalue weighted by Gasteiger charge is 2.26. The topological polar surface area (TPSA) is 93.2 Å². The van der Waals surface area contributed by atoms with Gasteiger partial charge in [0.2, 0.25) is 5.91 Å². The largest absolute Gasteiger partial charge is 0.396 e. The standard InChI is InChI=1S/C10H15N5O2/c1-2-15-9(7(11)5-13-15)10(17)14-4-3-12-8(16)6-14/h5H,2-4,6,11H2,1H3,(H,12,16). The summed E-state index contributed by atoms with van der Waals surface area (Å²) in [5.74, 6) is -0.387. The van der Waals surface area contributed by atoms with Gasteiger partial charge in [-0.1, -0.05) is 0 Å². The number of rotatable bonds is 2. The van der Waals surface area contributed by atoms with E-state index in [9.17, 15) is 9.59 Å². The van der Waals surface area contributed by atoms with Gasteiger partial charge in [-0.2, -0.15) is 5.10 Å². The highest BCUT2D eigenvalue weighted by atomic mass is 16.2. The SMILES string of the molecule is CCn1ncc(N)c1C(=O)N1CCNC(=O)C1. The first-order valence-electron chi connectivity index (χ1n) is 5.50. The second-order valence-electron chi connectivity index (χ2n) is 3.84. The van der Waals surface area contributed by atoms with Gasteiger partial charge in [0.05, 0.1) is 18.4 Å². The molecule has 0 spiro atoms. The lowest BCUT2D eigenvalue weighted by Gasteiger charge is -2.26. The summed E-state index contributed by atoms with van der Waals surface area (Å²) in [6.45, 7) is 3.50. The number of aryl methyl sites for hydroxylation is 1. The molecule has 1 aliphatic rings. The van der Waals surface area contributed by atoms with Crippen LogP contribution in [0.3, 0.4) is 0 Å². The van der Waals surface area contributed by atoms with Crippen LogP contribution in [0.5, 0.6) is 0 Å². The third-order valence-corrected chi connectivity index (χ3v) is 2.70. The van der Waals surface area contributed by atoms with E-state index >= 15 is 0 Å². The molecule has 1 aromatic heterocycles. The van der Waals surface area contributed by atoms with Gasteiger partial charge in [0.25, 0.3) is 5.91 Å². The summed E-state index contributed by atoms with van der Waals surface area (Å²) in [6.07, 6.45) is 1.46. The summed E-state index contributed by atoms with van der Waals surface area (Å²) in [6, 6.07) is 0. The van der Waals surface area contributed by atoms with Crippen LogP contribution >= 0.6 is 0 Å². The predicted octanol–water partition coefficient (Wildman–Crippen LogP) is -0.943. The van der Waals surface area contributed by atoms with Crippen molar-refractivity contribution >= 4 is 17.5 Å². The third-order valence-electron chi connectivity index (χ3n) is 2.70. The molecule has 1 aromatic rings. The number of nitrogens with zero attached hydrogens (tertiary/aromatic N) is 3. The molecule has 0 aromatic carbocycles. The lowest BCUT2D eigenvalue weighted by molar-refractivity contribution is -0.123. The fraction of sp³-hybridized carbons (Fsp3) is 0.500. The van der Waals surface area contributed by atoms with E-state index < -0.39 is 0 Å². The molecule has 0 unspecified atom stereocenters. The van der Waals surface area contributed by atoms with Crippen molar-refractivity contribution in [1.29, 1.82) is 0 Å². The van der Waals surface area contributed by atoms with E-state index in [2.05, 4.69) is 10.4 Å². The predicted molar refractivity (Wildman–Crippen MR) is 61.2 cm³/mol. The molecule has 7 heteroatoms. The van der Waals surface area contributed by atoms with Crippen molar-refractivity contribution in [1.82, 2.24) is 20.0 Å². The summed E-state index contributed by atoms with van der Waals surface area (Å²) >= 11 is 0. The first-order chi connectivity index (χ1) is 8.13. The van der Waals surface area contributed by atoms with Crippen molar-refractivity contribution in [3.05, 3.63) is 11.9 Å². The number of hydrogen-bond donors (Lipinski definition) is 2. The van der Waals surface area contributed by atoms with Gasteiger partial charge in [0.1, 0.15) is 5.69 Å². The van der Waals surface area contributed by atoms with Crippen LogP contribution in [0.25, 0.3) is 0 Å². The normalized spacial score (nSPS) is 15.8. The lowest BCUT2D eigenvalue weighted by Crippen LogP contribution is -2.50. The number of hydrogen-bond acceptors (Lipinski definition) is 4. The van der Waals surface area contributed by atoms with Gasteiger partial charge < -0.3 is 16.0 Å².